The van der Waals surface area contributed by atoms with Gasteiger partial charge in [0.15, 0.2) is 0 Å². The maximum atomic E-state index is 12.0. The predicted octanol–water partition coefficient (Wildman–Crippen LogP) is 2.99. The number of likely N-dealkylation sites (N-methyl/N-ethyl adjacent to an activating group) is 1. The minimum atomic E-state index is -0.619. The summed E-state index contributed by atoms with van der Waals surface area (Å²) >= 11 is 0. The molecule has 9 heteroatoms. The van der Waals surface area contributed by atoms with Gasteiger partial charge in [0, 0.05) is 25.7 Å². The molecule has 0 atom stereocenters. The standard InChI is InChI=1S/C24H26N6O3/c1-30-8-6-15-11-20(32-2)19(10-16(15)13-30)28-24-26-12-17(22(25)31)23(29-24)27-18-5-3-4-14-7-9-33-21(14)18/h3-5,10-12H,6-9,13H2,1-2H3,(H2,25,31)(H2,26,27,28,29). The molecule has 1 amide bonds. The zero-order valence-electron chi connectivity index (χ0n) is 18.6. The summed E-state index contributed by atoms with van der Waals surface area (Å²) in [5.74, 6) is 1.48. The molecule has 0 saturated heterocycles. The van der Waals surface area contributed by atoms with Crippen molar-refractivity contribution < 1.29 is 14.3 Å². The van der Waals surface area contributed by atoms with Crippen molar-refractivity contribution in [3.63, 3.8) is 0 Å². The first kappa shape index (κ1) is 21.0. The van der Waals surface area contributed by atoms with E-state index >= 15 is 0 Å². The first-order chi connectivity index (χ1) is 16.0. The van der Waals surface area contributed by atoms with Crippen LogP contribution in [0.2, 0.25) is 0 Å². The summed E-state index contributed by atoms with van der Waals surface area (Å²) in [7, 11) is 3.75. The van der Waals surface area contributed by atoms with E-state index in [1.165, 1.54) is 17.3 Å². The number of carbonyl (C=O) groups is 1. The van der Waals surface area contributed by atoms with Crippen molar-refractivity contribution in [2.24, 2.45) is 5.73 Å². The average Bonchev–Trinajstić information content (AvgIpc) is 3.28. The summed E-state index contributed by atoms with van der Waals surface area (Å²) < 4.78 is 11.4. The number of nitrogens with one attached hydrogen (secondary N) is 2. The number of hydrogen-bond donors (Lipinski definition) is 3. The van der Waals surface area contributed by atoms with Gasteiger partial charge in [-0.05, 0) is 48.4 Å². The SMILES string of the molecule is COc1cc2c(cc1Nc1ncc(C(N)=O)c(Nc3cccc4c3OCC4)n1)CN(C)CC2. The van der Waals surface area contributed by atoms with Gasteiger partial charge in [0.05, 0.1) is 25.1 Å². The highest BCUT2D eigenvalue weighted by molar-refractivity contribution is 5.98. The molecule has 9 nitrogen and oxygen atoms in total. The van der Waals surface area contributed by atoms with Crippen LogP contribution in [0.1, 0.15) is 27.0 Å². The Balaban J connectivity index is 1.49. The van der Waals surface area contributed by atoms with E-state index in [9.17, 15) is 4.79 Å². The molecule has 2 aromatic carbocycles. The van der Waals surface area contributed by atoms with Crippen molar-refractivity contribution in [1.82, 2.24) is 14.9 Å². The largest absolute Gasteiger partial charge is 0.495 e. The van der Waals surface area contributed by atoms with Crippen LogP contribution in [0.25, 0.3) is 0 Å². The summed E-state index contributed by atoms with van der Waals surface area (Å²) in [4.78, 5) is 23.2. The number of hydrogen-bond acceptors (Lipinski definition) is 8. The van der Waals surface area contributed by atoms with Crippen molar-refractivity contribution in [3.05, 3.63) is 58.8 Å². The Morgan fingerprint density at radius 2 is 2.03 bits per heavy atom. The van der Waals surface area contributed by atoms with Crippen LogP contribution < -0.4 is 25.8 Å². The van der Waals surface area contributed by atoms with Gasteiger partial charge < -0.3 is 30.7 Å². The molecule has 0 unspecified atom stereocenters. The van der Waals surface area contributed by atoms with E-state index in [1.807, 2.05) is 18.2 Å². The summed E-state index contributed by atoms with van der Waals surface area (Å²) in [6, 6.07) is 9.98. The number of anilines is 4. The number of nitrogens with two attached hydrogens (primary N) is 1. The van der Waals surface area contributed by atoms with Crippen LogP contribution in [0.15, 0.2) is 36.5 Å². The van der Waals surface area contributed by atoms with Crippen molar-refractivity contribution >= 4 is 29.0 Å². The molecule has 33 heavy (non-hydrogen) atoms. The molecule has 0 fully saturated rings. The molecule has 0 aliphatic carbocycles. The van der Waals surface area contributed by atoms with Crippen LogP contribution in [0, 0.1) is 0 Å². The highest BCUT2D eigenvalue weighted by Gasteiger charge is 2.21. The molecule has 0 spiro atoms. The number of ether oxygens (including phenoxy) is 2. The number of para-hydroxylation sites is 1. The lowest BCUT2D eigenvalue weighted by molar-refractivity contribution is 0.100. The fourth-order valence-electron chi connectivity index (χ4n) is 4.27. The highest BCUT2D eigenvalue weighted by Crippen LogP contribution is 2.36. The number of aromatic nitrogens is 2. The van der Waals surface area contributed by atoms with Crippen LogP contribution >= 0.6 is 0 Å². The molecule has 3 aromatic rings. The van der Waals surface area contributed by atoms with Gasteiger partial charge in [-0.25, -0.2) is 4.98 Å². The molecule has 3 heterocycles. The van der Waals surface area contributed by atoms with Gasteiger partial charge in [-0.3, -0.25) is 4.79 Å². The highest BCUT2D eigenvalue weighted by atomic mass is 16.5. The van der Waals surface area contributed by atoms with Crippen molar-refractivity contribution in [2.45, 2.75) is 19.4 Å². The number of rotatable bonds is 6. The van der Waals surface area contributed by atoms with Crippen LogP contribution in [-0.4, -0.2) is 48.1 Å². The Morgan fingerprint density at radius 3 is 2.85 bits per heavy atom. The van der Waals surface area contributed by atoms with Gasteiger partial charge >= 0.3 is 0 Å². The van der Waals surface area contributed by atoms with Crippen molar-refractivity contribution in [3.8, 4) is 11.5 Å². The maximum absolute atomic E-state index is 12.0. The smallest absolute Gasteiger partial charge is 0.254 e. The normalized spacial score (nSPS) is 14.7. The Kier molecular flexibility index (Phi) is 5.47. The van der Waals surface area contributed by atoms with E-state index in [1.54, 1.807) is 7.11 Å². The van der Waals surface area contributed by atoms with Gasteiger partial charge in [-0.15, -0.1) is 0 Å². The molecule has 170 valence electrons. The summed E-state index contributed by atoms with van der Waals surface area (Å²) in [6.45, 7) is 2.50. The second-order valence-electron chi connectivity index (χ2n) is 8.27. The molecule has 5 rings (SSSR count). The van der Waals surface area contributed by atoms with Crippen LogP contribution in [0.4, 0.5) is 23.1 Å². The Hall–Kier alpha value is -3.85. The molecule has 4 N–H and O–H groups in total. The third kappa shape index (κ3) is 4.14. The predicted molar refractivity (Wildman–Crippen MR) is 126 cm³/mol. The molecule has 2 aliphatic heterocycles. The molecule has 0 bridgehead atoms. The number of carbonyl (C=O) groups excluding carboxylic acids is 1. The molecular formula is C24H26N6O3. The monoisotopic (exact) mass is 446 g/mol. The zero-order valence-corrected chi connectivity index (χ0v) is 18.6. The van der Waals surface area contributed by atoms with Crippen molar-refractivity contribution in [1.29, 1.82) is 0 Å². The van der Waals surface area contributed by atoms with E-state index in [4.69, 9.17) is 15.2 Å². The van der Waals surface area contributed by atoms with E-state index in [0.29, 0.717) is 24.1 Å². The first-order valence-corrected chi connectivity index (χ1v) is 10.9. The van der Waals surface area contributed by atoms with E-state index < -0.39 is 5.91 Å². The summed E-state index contributed by atoms with van der Waals surface area (Å²) in [5.41, 5.74) is 10.9. The van der Waals surface area contributed by atoms with Gasteiger partial charge in [0.25, 0.3) is 5.91 Å². The Bertz CT molecular complexity index is 1230. The Labute approximate surface area is 191 Å². The second kappa shape index (κ2) is 8.59. The molecule has 1 aromatic heterocycles. The van der Waals surface area contributed by atoms with E-state index in [0.717, 1.165) is 48.6 Å². The topological polar surface area (TPSA) is 115 Å². The molecule has 0 saturated carbocycles. The number of nitrogens with zero attached hydrogens (tertiary/aromatic N) is 3. The quantitative estimate of drug-likeness (QED) is 0.529. The number of benzene rings is 2. The van der Waals surface area contributed by atoms with Crippen LogP contribution in [0.3, 0.4) is 0 Å². The third-order valence-corrected chi connectivity index (χ3v) is 5.99. The minimum absolute atomic E-state index is 0.190. The average molecular weight is 447 g/mol. The summed E-state index contributed by atoms with van der Waals surface area (Å²) in [5, 5.41) is 6.45. The lowest BCUT2D eigenvalue weighted by atomic mass is 9.99. The van der Waals surface area contributed by atoms with Crippen LogP contribution in [-0.2, 0) is 19.4 Å². The van der Waals surface area contributed by atoms with Gasteiger partial charge in [-0.1, -0.05) is 12.1 Å². The van der Waals surface area contributed by atoms with Crippen LogP contribution in [0.5, 0.6) is 11.5 Å². The number of fused-ring (bicyclic) bond motifs is 2. The summed E-state index contributed by atoms with van der Waals surface area (Å²) in [6.07, 6.45) is 3.24. The minimum Gasteiger partial charge on any atom is -0.495 e. The van der Waals surface area contributed by atoms with E-state index in [-0.39, 0.29) is 5.56 Å². The Morgan fingerprint density at radius 1 is 1.15 bits per heavy atom. The number of primary amides is 1. The lowest BCUT2D eigenvalue weighted by Crippen LogP contribution is -2.26. The number of amides is 1. The molecule has 2 aliphatic rings. The fourth-order valence-corrected chi connectivity index (χ4v) is 4.27. The third-order valence-electron chi connectivity index (χ3n) is 5.99. The van der Waals surface area contributed by atoms with Gasteiger partial charge in [0.2, 0.25) is 5.95 Å². The maximum Gasteiger partial charge on any atom is 0.254 e. The molecular weight excluding hydrogens is 420 g/mol. The molecule has 0 radical (unpaired) electrons. The second-order valence-corrected chi connectivity index (χ2v) is 8.27. The lowest BCUT2D eigenvalue weighted by Gasteiger charge is -2.26. The number of methoxy groups -OCH3 is 1. The first-order valence-electron chi connectivity index (χ1n) is 10.9. The fraction of sp³-hybridized carbons (Fsp3) is 0.292. The van der Waals surface area contributed by atoms with Gasteiger partial charge in [-0.2, -0.15) is 4.98 Å². The van der Waals surface area contributed by atoms with Crippen molar-refractivity contribution in [2.75, 3.05) is 37.9 Å². The van der Waals surface area contributed by atoms with Gasteiger partial charge in [0.1, 0.15) is 22.9 Å². The zero-order chi connectivity index (χ0) is 22.9. The van der Waals surface area contributed by atoms with E-state index in [2.05, 4.69) is 44.7 Å².